The number of carbonyl (C=O) groups excluding carboxylic acids is 2. The molecular formula is C40H39Cl2F2N3O7. The Kier molecular flexibility index (Phi) is 11.7. The number of ether oxygens (including phenoxy) is 4. The number of halogens is 4. The zero-order chi connectivity index (χ0) is 37.8. The number of aromatic hydroxyl groups is 1. The third-order valence-electron chi connectivity index (χ3n) is 10.0. The predicted octanol–water partition coefficient (Wildman–Crippen LogP) is 8.42. The van der Waals surface area contributed by atoms with Gasteiger partial charge in [-0.2, -0.15) is 8.78 Å². The summed E-state index contributed by atoms with van der Waals surface area (Å²) >= 11 is 13.0. The van der Waals surface area contributed by atoms with E-state index in [1.54, 1.807) is 36.4 Å². The summed E-state index contributed by atoms with van der Waals surface area (Å²) in [5, 5.41) is 14.0. The number of fused-ring (bicyclic) bond motifs is 3. The third-order valence-corrected chi connectivity index (χ3v) is 10.7. The second-order valence-electron chi connectivity index (χ2n) is 13.9. The van der Waals surface area contributed by atoms with Crippen LogP contribution in [-0.4, -0.2) is 65.9 Å². The van der Waals surface area contributed by atoms with Gasteiger partial charge in [-0.05, 0) is 110 Å². The van der Waals surface area contributed by atoms with E-state index < -0.39 is 30.7 Å². The molecule has 1 unspecified atom stereocenters. The summed E-state index contributed by atoms with van der Waals surface area (Å²) in [6.07, 6.45) is 5.51. The van der Waals surface area contributed by atoms with Crippen molar-refractivity contribution in [2.75, 3.05) is 31.6 Å². The molecule has 2 N–H and O–H groups in total. The summed E-state index contributed by atoms with van der Waals surface area (Å²) in [5.41, 5.74) is 1.95. The molecule has 54 heavy (non-hydrogen) atoms. The fraction of sp³-hybridized carbons (Fsp3) is 0.375. The molecule has 0 amide bonds. The third kappa shape index (κ3) is 9.34. The SMILES string of the molecule is O=C(O[C@@H](Cc1c(Cl)cncc1Cl)c1ccc(OC(F)F)c(OCC2CC2)c1)c1cccc(NC(C(=O)O[C@H]2CN3CCC2CC3)c2cccc(O)c2)c1. The minimum Gasteiger partial charge on any atom is -0.508 e. The average Bonchev–Trinajstić information content (AvgIpc) is 3.99. The largest absolute Gasteiger partial charge is 0.508 e. The highest BCUT2D eigenvalue weighted by atomic mass is 35.5. The summed E-state index contributed by atoms with van der Waals surface area (Å²) < 4.78 is 49.4. The first-order valence-corrected chi connectivity index (χ1v) is 18.6. The number of benzene rings is 3. The van der Waals surface area contributed by atoms with E-state index in [0.29, 0.717) is 47.4 Å². The maximum Gasteiger partial charge on any atom is 0.387 e. The number of aromatic nitrogens is 1. The minimum absolute atomic E-state index is 0.0115. The van der Waals surface area contributed by atoms with Crippen molar-refractivity contribution in [1.29, 1.82) is 0 Å². The number of nitrogens with one attached hydrogen (secondary N) is 1. The average molecular weight is 783 g/mol. The van der Waals surface area contributed by atoms with Crippen LogP contribution < -0.4 is 14.8 Å². The van der Waals surface area contributed by atoms with E-state index in [0.717, 1.165) is 38.8 Å². The van der Waals surface area contributed by atoms with Crippen LogP contribution in [0.15, 0.2) is 79.1 Å². The number of esters is 2. The van der Waals surface area contributed by atoms with Crippen LogP contribution >= 0.6 is 23.2 Å². The highest BCUT2D eigenvalue weighted by molar-refractivity contribution is 6.35. The minimum atomic E-state index is -3.07. The van der Waals surface area contributed by atoms with Gasteiger partial charge in [-0.1, -0.05) is 47.5 Å². The van der Waals surface area contributed by atoms with Gasteiger partial charge in [0.25, 0.3) is 0 Å². The molecular weight excluding hydrogens is 743 g/mol. The molecule has 3 saturated heterocycles. The molecule has 0 radical (unpaired) electrons. The Bertz CT molecular complexity index is 1960. The van der Waals surface area contributed by atoms with Gasteiger partial charge in [0, 0.05) is 31.0 Å². The topological polar surface area (TPSA) is 119 Å². The van der Waals surface area contributed by atoms with Gasteiger partial charge < -0.3 is 29.4 Å². The molecule has 4 aromatic rings. The Hall–Kier alpha value is -4.65. The zero-order valence-electron chi connectivity index (χ0n) is 29.1. The lowest BCUT2D eigenvalue weighted by atomic mass is 9.86. The number of pyridine rings is 1. The van der Waals surface area contributed by atoms with E-state index in [4.69, 9.17) is 42.1 Å². The molecule has 1 saturated carbocycles. The first kappa shape index (κ1) is 37.7. The number of rotatable bonds is 15. The lowest BCUT2D eigenvalue weighted by molar-refractivity contribution is -0.159. The summed E-state index contributed by atoms with van der Waals surface area (Å²) in [5.74, 6) is -0.678. The first-order chi connectivity index (χ1) is 26.1. The van der Waals surface area contributed by atoms with Gasteiger partial charge in [0.15, 0.2) is 17.5 Å². The van der Waals surface area contributed by atoms with Gasteiger partial charge in [0.1, 0.15) is 18.0 Å². The van der Waals surface area contributed by atoms with Crippen molar-refractivity contribution in [3.05, 3.63) is 111 Å². The fourth-order valence-corrected chi connectivity index (χ4v) is 7.43. The van der Waals surface area contributed by atoms with Gasteiger partial charge in [0.2, 0.25) is 0 Å². The Morgan fingerprint density at radius 1 is 0.926 bits per heavy atom. The van der Waals surface area contributed by atoms with Crippen molar-refractivity contribution < 1.29 is 42.4 Å². The molecule has 4 aliphatic rings. The Balaban J connectivity index is 1.14. The van der Waals surface area contributed by atoms with Crippen LogP contribution in [0.1, 0.15) is 64.9 Å². The zero-order valence-corrected chi connectivity index (χ0v) is 30.6. The molecule has 4 heterocycles. The Morgan fingerprint density at radius 2 is 1.69 bits per heavy atom. The summed E-state index contributed by atoms with van der Waals surface area (Å²) in [4.78, 5) is 34.0. The number of nitrogens with zero attached hydrogens (tertiary/aromatic N) is 2. The van der Waals surface area contributed by atoms with Crippen LogP contribution in [0, 0.1) is 11.8 Å². The molecule has 3 aromatic carbocycles. The highest BCUT2D eigenvalue weighted by Gasteiger charge is 2.38. The molecule has 14 heteroatoms. The van der Waals surface area contributed by atoms with Crippen molar-refractivity contribution in [1.82, 2.24) is 9.88 Å². The molecule has 4 fully saturated rings. The van der Waals surface area contributed by atoms with Gasteiger partial charge in [-0.15, -0.1) is 0 Å². The van der Waals surface area contributed by atoms with E-state index in [-0.39, 0.29) is 45.4 Å². The van der Waals surface area contributed by atoms with Crippen LogP contribution in [0.3, 0.4) is 0 Å². The molecule has 10 nitrogen and oxygen atoms in total. The standard InChI is InChI=1S/C40H39Cl2F2N3O7/c41-31-19-45-20-32(42)30(31)18-34(25-9-10-33(54-40(43)44)35(17-25)51-22-23-7-8-23)52-38(49)27-4-1-5-28(15-27)46-37(26-3-2-6-29(48)16-26)39(50)53-36-21-47-13-11-24(36)12-14-47/h1-6,9-10,15-17,19-20,23-24,34,36-37,40,46,48H,7-8,11-14,18,21-22H2/t34-,36-,37?/m0/s1. The Morgan fingerprint density at radius 3 is 2.37 bits per heavy atom. The molecule has 0 spiro atoms. The lowest BCUT2D eigenvalue weighted by Crippen LogP contribution is -2.52. The molecule has 3 aliphatic heterocycles. The number of phenolic OH excluding ortho intramolecular Hbond substituents is 1. The smallest absolute Gasteiger partial charge is 0.387 e. The van der Waals surface area contributed by atoms with E-state index in [9.17, 15) is 23.5 Å². The second-order valence-corrected chi connectivity index (χ2v) is 14.7. The van der Waals surface area contributed by atoms with E-state index in [2.05, 4.69) is 15.2 Å². The number of hydrogen-bond donors (Lipinski definition) is 2. The van der Waals surface area contributed by atoms with Gasteiger partial charge >= 0.3 is 18.6 Å². The lowest BCUT2D eigenvalue weighted by Gasteiger charge is -2.44. The van der Waals surface area contributed by atoms with Gasteiger partial charge in [0.05, 0.1) is 22.2 Å². The number of phenols is 1. The summed E-state index contributed by atoms with van der Waals surface area (Å²) in [6.45, 7) is -0.0816. The molecule has 284 valence electrons. The number of carbonyl (C=O) groups is 2. The quantitative estimate of drug-likeness (QED) is 0.114. The number of hydrogen-bond acceptors (Lipinski definition) is 10. The molecule has 3 atom stereocenters. The Labute approximate surface area is 321 Å². The highest BCUT2D eigenvalue weighted by Crippen LogP contribution is 2.39. The van der Waals surface area contributed by atoms with Crippen molar-refractivity contribution in [2.45, 2.75) is 57.0 Å². The van der Waals surface area contributed by atoms with E-state index >= 15 is 0 Å². The van der Waals surface area contributed by atoms with Crippen LogP contribution in [-0.2, 0) is 20.7 Å². The van der Waals surface area contributed by atoms with E-state index in [1.807, 2.05) is 0 Å². The first-order valence-electron chi connectivity index (χ1n) is 17.9. The maximum absolute atomic E-state index is 13.9. The number of alkyl halides is 2. The van der Waals surface area contributed by atoms with Crippen LogP contribution in [0.2, 0.25) is 10.0 Å². The summed E-state index contributed by atoms with van der Waals surface area (Å²) in [6, 6.07) is 16.2. The molecule has 1 aliphatic carbocycles. The summed E-state index contributed by atoms with van der Waals surface area (Å²) in [7, 11) is 0. The van der Waals surface area contributed by atoms with Crippen molar-refractivity contribution in [3.8, 4) is 17.2 Å². The number of anilines is 1. The maximum atomic E-state index is 13.9. The van der Waals surface area contributed by atoms with Gasteiger partial charge in [-0.3, -0.25) is 9.88 Å². The van der Waals surface area contributed by atoms with Crippen molar-refractivity contribution in [2.24, 2.45) is 11.8 Å². The number of piperidine rings is 3. The molecule has 8 rings (SSSR count). The molecule has 1 aromatic heterocycles. The van der Waals surface area contributed by atoms with Gasteiger partial charge in [-0.25, -0.2) is 9.59 Å². The monoisotopic (exact) mass is 781 g/mol. The van der Waals surface area contributed by atoms with Crippen LogP contribution in [0.4, 0.5) is 14.5 Å². The predicted molar refractivity (Wildman–Crippen MR) is 197 cm³/mol. The van der Waals surface area contributed by atoms with Crippen molar-refractivity contribution in [3.63, 3.8) is 0 Å². The van der Waals surface area contributed by atoms with Crippen LogP contribution in [0.5, 0.6) is 17.2 Å². The van der Waals surface area contributed by atoms with E-state index in [1.165, 1.54) is 42.7 Å². The molecule has 2 bridgehead atoms. The van der Waals surface area contributed by atoms with Crippen molar-refractivity contribution >= 4 is 40.8 Å². The van der Waals surface area contributed by atoms with Crippen LogP contribution in [0.25, 0.3) is 0 Å². The fourth-order valence-electron chi connectivity index (χ4n) is 6.91. The second kappa shape index (κ2) is 16.8. The normalized spacial score (nSPS) is 20.2.